The van der Waals surface area contributed by atoms with Gasteiger partial charge in [-0.3, -0.25) is 9.63 Å². The molecule has 0 bridgehead atoms. The zero-order valence-corrected chi connectivity index (χ0v) is 17.9. The number of methoxy groups -OCH3 is 1. The minimum absolute atomic E-state index is 0.00607. The molecule has 3 rings (SSSR count). The number of carboxylic acid groups (broad SMARTS) is 1. The van der Waals surface area contributed by atoms with Gasteiger partial charge < -0.3 is 19.9 Å². The Kier molecular flexibility index (Phi) is 7.80. The molecule has 2 aromatic carbocycles. The largest absolute Gasteiger partial charge is 0.479 e. The molecule has 0 spiro atoms. The van der Waals surface area contributed by atoms with E-state index in [2.05, 4.69) is 22.9 Å². The van der Waals surface area contributed by atoms with Crippen LogP contribution < -0.4 is 10.8 Å². The number of alkyl carbamates (subject to hydrolysis) is 1. The monoisotopic (exact) mass is 442 g/mol. The molecule has 2 aromatic rings. The number of hydrogen-bond acceptors (Lipinski definition) is 6. The van der Waals surface area contributed by atoms with E-state index in [9.17, 15) is 14.4 Å². The first kappa shape index (κ1) is 23.2. The van der Waals surface area contributed by atoms with E-state index in [0.29, 0.717) is 0 Å². The summed E-state index contributed by atoms with van der Waals surface area (Å²) < 4.78 is 10.1. The maximum atomic E-state index is 12.2. The lowest BCUT2D eigenvalue weighted by atomic mass is 9.98. The Morgan fingerprint density at radius 1 is 1.03 bits per heavy atom. The Morgan fingerprint density at radius 2 is 1.62 bits per heavy atom. The highest BCUT2D eigenvalue weighted by Crippen LogP contribution is 2.44. The minimum Gasteiger partial charge on any atom is -0.479 e. The first-order chi connectivity index (χ1) is 15.4. The summed E-state index contributed by atoms with van der Waals surface area (Å²) >= 11 is 0. The number of aliphatic carboxylic acids is 1. The Bertz CT molecular complexity index is 933. The van der Waals surface area contributed by atoms with Gasteiger partial charge in [0.25, 0.3) is 0 Å². The molecule has 2 unspecified atom stereocenters. The third-order valence-corrected chi connectivity index (χ3v) is 5.24. The number of rotatable bonds is 10. The number of carbonyl (C=O) groups excluding carboxylic acids is 2. The van der Waals surface area contributed by atoms with Gasteiger partial charge in [0.15, 0.2) is 0 Å². The van der Waals surface area contributed by atoms with Crippen molar-refractivity contribution in [3.05, 3.63) is 59.7 Å². The van der Waals surface area contributed by atoms with E-state index in [1.54, 1.807) is 6.92 Å². The molecule has 0 saturated heterocycles. The fourth-order valence-corrected chi connectivity index (χ4v) is 3.52. The van der Waals surface area contributed by atoms with Gasteiger partial charge in [-0.2, -0.15) is 0 Å². The van der Waals surface area contributed by atoms with Gasteiger partial charge in [0.2, 0.25) is 12.0 Å². The number of ether oxygens (including phenoxy) is 2. The summed E-state index contributed by atoms with van der Waals surface area (Å²) in [6.07, 6.45) is -1.97. The van der Waals surface area contributed by atoms with E-state index < -0.39 is 30.0 Å². The first-order valence-electron chi connectivity index (χ1n) is 10.2. The third kappa shape index (κ3) is 5.43. The molecule has 1 aliphatic carbocycles. The Morgan fingerprint density at radius 3 is 2.19 bits per heavy atom. The standard InChI is InChI=1S/C23H26N2O7/c1-14(21(26)25-32-20(13-30-2)22(27)28)11-24-23(29)31-12-19-17-9-5-3-7-15(17)16-8-4-6-10-18(16)19/h3-10,14,19-20H,11-13H2,1-2H3,(H,24,29)(H,25,26)(H,27,28). The topological polar surface area (TPSA) is 123 Å². The average Bonchev–Trinajstić information content (AvgIpc) is 3.12. The summed E-state index contributed by atoms with van der Waals surface area (Å²) in [7, 11) is 1.32. The normalized spacial score (nSPS) is 14.1. The van der Waals surface area contributed by atoms with Gasteiger partial charge in [0, 0.05) is 19.6 Å². The summed E-state index contributed by atoms with van der Waals surface area (Å²) in [5.41, 5.74) is 6.56. The van der Waals surface area contributed by atoms with Crippen molar-refractivity contribution in [3.8, 4) is 11.1 Å². The fraction of sp³-hybridized carbons (Fsp3) is 0.348. The Labute approximate surface area is 185 Å². The zero-order chi connectivity index (χ0) is 23.1. The van der Waals surface area contributed by atoms with E-state index in [-0.39, 0.29) is 25.7 Å². The van der Waals surface area contributed by atoms with Crippen molar-refractivity contribution in [2.75, 3.05) is 26.9 Å². The van der Waals surface area contributed by atoms with Gasteiger partial charge >= 0.3 is 12.1 Å². The Balaban J connectivity index is 1.47. The number of hydroxylamine groups is 1. The number of fused-ring (bicyclic) bond motifs is 3. The van der Waals surface area contributed by atoms with E-state index in [0.717, 1.165) is 22.3 Å². The summed E-state index contributed by atoms with van der Waals surface area (Å²) in [5, 5.41) is 11.5. The molecule has 3 N–H and O–H groups in total. The number of amides is 2. The van der Waals surface area contributed by atoms with Crippen LogP contribution in [0.1, 0.15) is 24.0 Å². The molecule has 0 saturated carbocycles. The lowest BCUT2D eigenvalue weighted by molar-refractivity contribution is -0.166. The number of nitrogens with one attached hydrogen (secondary N) is 2. The molecular formula is C23H26N2O7. The van der Waals surface area contributed by atoms with E-state index >= 15 is 0 Å². The summed E-state index contributed by atoms with van der Waals surface area (Å²) in [4.78, 5) is 40.1. The summed E-state index contributed by atoms with van der Waals surface area (Å²) in [6.45, 7) is 1.51. The number of hydrogen-bond donors (Lipinski definition) is 3. The second-order valence-corrected chi connectivity index (χ2v) is 7.47. The average molecular weight is 442 g/mol. The van der Waals surface area contributed by atoms with E-state index in [4.69, 9.17) is 19.4 Å². The molecule has 0 aliphatic heterocycles. The van der Waals surface area contributed by atoms with Crippen molar-refractivity contribution < 1.29 is 33.8 Å². The van der Waals surface area contributed by atoms with Crippen LogP contribution in [0, 0.1) is 5.92 Å². The molecule has 0 fully saturated rings. The molecular weight excluding hydrogens is 416 g/mol. The SMILES string of the molecule is COCC(ONC(=O)C(C)CNC(=O)OCC1c2ccccc2-c2ccccc21)C(=O)O. The van der Waals surface area contributed by atoms with Crippen molar-refractivity contribution in [3.63, 3.8) is 0 Å². The van der Waals surface area contributed by atoms with Crippen molar-refractivity contribution in [1.82, 2.24) is 10.8 Å². The van der Waals surface area contributed by atoms with E-state index in [1.165, 1.54) is 7.11 Å². The predicted molar refractivity (Wildman–Crippen MR) is 115 cm³/mol. The fourth-order valence-electron chi connectivity index (χ4n) is 3.52. The van der Waals surface area contributed by atoms with Crippen LogP contribution in [0.5, 0.6) is 0 Å². The van der Waals surface area contributed by atoms with Crippen LogP contribution in [0.3, 0.4) is 0 Å². The highest BCUT2D eigenvalue weighted by atomic mass is 16.7. The van der Waals surface area contributed by atoms with Crippen molar-refractivity contribution in [2.45, 2.75) is 18.9 Å². The number of carbonyl (C=O) groups is 3. The highest BCUT2D eigenvalue weighted by molar-refractivity contribution is 5.80. The molecule has 32 heavy (non-hydrogen) atoms. The Hall–Kier alpha value is -3.43. The molecule has 2 atom stereocenters. The van der Waals surface area contributed by atoms with Crippen LogP contribution in [-0.2, 0) is 23.9 Å². The van der Waals surface area contributed by atoms with Gasteiger partial charge in [-0.05, 0) is 22.3 Å². The zero-order valence-electron chi connectivity index (χ0n) is 17.9. The van der Waals surface area contributed by atoms with Crippen LogP contribution in [0.15, 0.2) is 48.5 Å². The van der Waals surface area contributed by atoms with E-state index in [1.807, 2.05) is 36.4 Å². The smallest absolute Gasteiger partial charge is 0.407 e. The van der Waals surface area contributed by atoms with Crippen LogP contribution in [-0.4, -0.2) is 56.0 Å². The molecule has 9 nitrogen and oxygen atoms in total. The second kappa shape index (κ2) is 10.7. The number of carboxylic acids is 1. The summed E-state index contributed by atoms with van der Waals surface area (Å²) in [5.74, 6) is -2.58. The highest BCUT2D eigenvalue weighted by Gasteiger charge is 2.29. The predicted octanol–water partition coefficient (Wildman–Crippen LogP) is 2.31. The quantitative estimate of drug-likeness (QED) is 0.483. The summed E-state index contributed by atoms with van der Waals surface area (Å²) in [6, 6.07) is 16.0. The molecule has 2 amide bonds. The lowest BCUT2D eigenvalue weighted by Crippen LogP contribution is -2.42. The molecule has 1 aliphatic rings. The number of benzene rings is 2. The van der Waals surface area contributed by atoms with Crippen molar-refractivity contribution in [2.24, 2.45) is 5.92 Å². The molecule has 0 heterocycles. The van der Waals surface area contributed by atoms with Crippen LogP contribution in [0.25, 0.3) is 11.1 Å². The minimum atomic E-state index is -1.33. The second-order valence-electron chi connectivity index (χ2n) is 7.47. The molecule has 0 radical (unpaired) electrons. The first-order valence-corrected chi connectivity index (χ1v) is 10.2. The van der Waals surface area contributed by atoms with Gasteiger partial charge in [-0.25, -0.2) is 15.1 Å². The molecule has 0 aromatic heterocycles. The van der Waals surface area contributed by atoms with Crippen LogP contribution in [0.2, 0.25) is 0 Å². The maximum Gasteiger partial charge on any atom is 0.407 e. The van der Waals surface area contributed by atoms with Crippen molar-refractivity contribution in [1.29, 1.82) is 0 Å². The van der Waals surface area contributed by atoms with Gasteiger partial charge in [-0.15, -0.1) is 0 Å². The third-order valence-electron chi connectivity index (χ3n) is 5.24. The van der Waals surface area contributed by atoms with Crippen LogP contribution in [0.4, 0.5) is 4.79 Å². The maximum absolute atomic E-state index is 12.2. The molecule has 9 heteroatoms. The molecule has 170 valence electrons. The van der Waals surface area contributed by atoms with Crippen molar-refractivity contribution >= 4 is 18.0 Å². The van der Waals surface area contributed by atoms with Gasteiger partial charge in [0.1, 0.15) is 6.61 Å². The van der Waals surface area contributed by atoms with Crippen LogP contribution >= 0.6 is 0 Å². The lowest BCUT2D eigenvalue weighted by Gasteiger charge is -2.17. The van der Waals surface area contributed by atoms with Gasteiger partial charge in [-0.1, -0.05) is 55.5 Å². The van der Waals surface area contributed by atoms with Gasteiger partial charge in [0.05, 0.1) is 12.5 Å².